The Balaban J connectivity index is 1.61. The first-order valence-corrected chi connectivity index (χ1v) is 10.7. The summed E-state index contributed by atoms with van der Waals surface area (Å²) in [6.45, 7) is 4.99. The lowest BCUT2D eigenvalue weighted by Gasteiger charge is -2.35. The summed E-state index contributed by atoms with van der Waals surface area (Å²) >= 11 is 5.97. The average molecular weight is 427 g/mol. The van der Waals surface area contributed by atoms with Crippen LogP contribution in [0.25, 0.3) is 0 Å². The van der Waals surface area contributed by atoms with Crippen LogP contribution in [0.2, 0.25) is 5.02 Å². The molecule has 2 aromatic rings. The van der Waals surface area contributed by atoms with Gasteiger partial charge in [-0.3, -0.25) is 14.4 Å². The maximum absolute atomic E-state index is 13.1. The summed E-state index contributed by atoms with van der Waals surface area (Å²) in [7, 11) is 0. The number of likely N-dealkylation sites (tertiary alicyclic amines) is 1. The Kier molecular flexibility index (Phi) is 7.27. The molecule has 1 N–H and O–H groups in total. The number of Topliss-reactive ketones (excluding diaryl/α,β-unsaturated/α-hetero) is 1. The smallest absolute Gasteiger partial charge is 0.293 e. The van der Waals surface area contributed by atoms with Crippen molar-refractivity contribution in [3.05, 3.63) is 70.7 Å². The molecule has 3 rings (SSSR count). The maximum atomic E-state index is 13.1. The van der Waals surface area contributed by atoms with Gasteiger partial charge in [-0.05, 0) is 42.4 Å². The minimum absolute atomic E-state index is 0.126. The van der Waals surface area contributed by atoms with Crippen molar-refractivity contribution >= 4 is 29.2 Å². The number of nitrogens with one attached hydrogen (secondary N) is 1. The first-order chi connectivity index (χ1) is 14.4. The van der Waals surface area contributed by atoms with Crippen LogP contribution in [0.1, 0.15) is 48.5 Å². The van der Waals surface area contributed by atoms with Crippen LogP contribution in [0.3, 0.4) is 0 Å². The molecule has 0 unspecified atom stereocenters. The zero-order valence-electron chi connectivity index (χ0n) is 17.3. The lowest BCUT2D eigenvalue weighted by molar-refractivity contribution is -0.137. The number of carbonyl (C=O) groups is 3. The van der Waals surface area contributed by atoms with Crippen molar-refractivity contribution in [1.29, 1.82) is 0 Å². The van der Waals surface area contributed by atoms with Crippen LogP contribution in [0.4, 0.5) is 0 Å². The van der Waals surface area contributed by atoms with Crippen LogP contribution in [-0.4, -0.2) is 41.6 Å². The van der Waals surface area contributed by atoms with Crippen LogP contribution >= 0.6 is 11.6 Å². The minimum atomic E-state index is -0.746. The standard InChI is InChI=1S/C24H27ClN2O3/c1-16(2)21(26-23(29)22(28)19-6-4-3-5-7-19)24(30)27-14-12-18(13-15-27)17-8-10-20(25)11-9-17/h3-11,16,18,21H,12-15H2,1-2H3,(H,26,29)/t21-/m1/s1. The third-order valence-corrected chi connectivity index (χ3v) is 5.86. The van der Waals surface area contributed by atoms with Gasteiger partial charge in [-0.1, -0.05) is 67.9 Å². The molecule has 1 atom stereocenters. The molecule has 1 aliphatic heterocycles. The van der Waals surface area contributed by atoms with E-state index in [0.717, 1.165) is 12.8 Å². The molecule has 1 aliphatic rings. The number of hydrogen-bond acceptors (Lipinski definition) is 3. The molecule has 1 saturated heterocycles. The molecular formula is C24H27ClN2O3. The zero-order valence-corrected chi connectivity index (χ0v) is 18.1. The molecule has 6 heteroatoms. The fourth-order valence-electron chi connectivity index (χ4n) is 3.81. The van der Waals surface area contributed by atoms with E-state index in [1.165, 1.54) is 5.56 Å². The average Bonchev–Trinajstić information content (AvgIpc) is 2.77. The molecule has 158 valence electrons. The molecule has 30 heavy (non-hydrogen) atoms. The second-order valence-electron chi connectivity index (χ2n) is 8.04. The number of rotatable bonds is 6. The molecule has 5 nitrogen and oxygen atoms in total. The highest BCUT2D eigenvalue weighted by atomic mass is 35.5. The highest BCUT2D eigenvalue weighted by Gasteiger charge is 2.33. The van der Waals surface area contributed by atoms with Crippen molar-refractivity contribution in [3.63, 3.8) is 0 Å². The van der Waals surface area contributed by atoms with Crippen LogP contribution in [0, 0.1) is 5.92 Å². The predicted octanol–water partition coefficient (Wildman–Crippen LogP) is 4.07. The SMILES string of the molecule is CC(C)[C@@H](NC(=O)C(=O)c1ccccc1)C(=O)N1CCC(c2ccc(Cl)cc2)CC1. The van der Waals surface area contributed by atoms with Crippen molar-refractivity contribution in [2.75, 3.05) is 13.1 Å². The summed E-state index contributed by atoms with van der Waals surface area (Å²) in [6, 6.07) is 15.5. The van der Waals surface area contributed by atoms with Gasteiger partial charge >= 0.3 is 0 Å². The molecule has 0 aromatic heterocycles. The maximum Gasteiger partial charge on any atom is 0.293 e. The zero-order chi connectivity index (χ0) is 21.7. The molecule has 2 aromatic carbocycles. The van der Waals surface area contributed by atoms with E-state index in [1.54, 1.807) is 35.2 Å². The molecular weight excluding hydrogens is 400 g/mol. The van der Waals surface area contributed by atoms with Gasteiger partial charge in [0.05, 0.1) is 0 Å². The summed E-state index contributed by atoms with van der Waals surface area (Å²) in [5.74, 6) is -1.24. The molecule has 1 fully saturated rings. The first kappa shape index (κ1) is 22.0. The molecule has 0 aliphatic carbocycles. The third-order valence-electron chi connectivity index (χ3n) is 5.61. The lowest BCUT2D eigenvalue weighted by atomic mass is 9.89. The molecule has 0 saturated carbocycles. The Morgan fingerprint density at radius 3 is 2.13 bits per heavy atom. The Bertz CT molecular complexity index is 888. The van der Waals surface area contributed by atoms with E-state index in [2.05, 4.69) is 5.32 Å². The van der Waals surface area contributed by atoms with Crippen LogP contribution < -0.4 is 5.32 Å². The van der Waals surface area contributed by atoms with Crippen molar-refractivity contribution in [2.24, 2.45) is 5.92 Å². The quantitative estimate of drug-likeness (QED) is 0.559. The van der Waals surface area contributed by atoms with Gasteiger partial charge in [-0.2, -0.15) is 0 Å². The summed E-state index contributed by atoms with van der Waals surface area (Å²) < 4.78 is 0. The van der Waals surface area contributed by atoms with Gasteiger partial charge in [-0.15, -0.1) is 0 Å². The summed E-state index contributed by atoms with van der Waals surface area (Å²) in [6.07, 6.45) is 1.71. The van der Waals surface area contributed by atoms with Gasteiger partial charge in [0.1, 0.15) is 6.04 Å². The second kappa shape index (κ2) is 9.90. The Morgan fingerprint density at radius 1 is 0.967 bits per heavy atom. The van der Waals surface area contributed by atoms with E-state index in [0.29, 0.717) is 29.6 Å². The van der Waals surface area contributed by atoms with Gasteiger partial charge in [0.25, 0.3) is 5.91 Å². The van der Waals surface area contributed by atoms with E-state index < -0.39 is 17.7 Å². The van der Waals surface area contributed by atoms with Crippen molar-refractivity contribution < 1.29 is 14.4 Å². The van der Waals surface area contributed by atoms with Crippen molar-refractivity contribution in [2.45, 2.75) is 38.6 Å². The molecule has 0 spiro atoms. The number of benzene rings is 2. The van der Waals surface area contributed by atoms with Crippen molar-refractivity contribution in [3.8, 4) is 0 Å². The first-order valence-electron chi connectivity index (χ1n) is 10.3. The lowest BCUT2D eigenvalue weighted by Crippen LogP contribution is -2.54. The highest BCUT2D eigenvalue weighted by Crippen LogP contribution is 2.29. The van der Waals surface area contributed by atoms with E-state index in [9.17, 15) is 14.4 Å². The fraction of sp³-hybridized carbons (Fsp3) is 0.375. The number of ketones is 1. The van der Waals surface area contributed by atoms with Gasteiger partial charge in [-0.25, -0.2) is 0 Å². The number of nitrogens with zero attached hydrogens (tertiary/aromatic N) is 1. The molecule has 2 amide bonds. The van der Waals surface area contributed by atoms with E-state index >= 15 is 0 Å². The van der Waals surface area contributed by atoms with Gasteiger partial charge in [0, 0.05) is 23.7 Å². The number of carbonyl (C=O) groups excluding carboxylic acids is 3. The summed E-state index contributed by atoms with van der Waals surface area (Å²) in [4.78, 5) is 39.7. The molecule has 0 bridgehead atoms. The Labute approximate surface area is 182 Å². The van der Waals surface area contributed by atoms with E-state index in [4.69, 9.17) is 11.6 Å². The summed E-state index contributed by atoms with van der Waals surface area (Å²) in [5, 5.41) is 3.38. The minimum Gasteiger partial charge on any atom is -0.341 e. The van der Waals surface area contributed by atoms with Crippen molar-refractivity contribution in [1.82, 2.24) is 10.2 Å². The number of halogens is 1. The molecule has 0 radical (unpaired) electrons. The largest absolute Gasteiger partial charge is 0.341 e. The third kappa shape index (κ3) is 5.28. The normalized spacial score (nSPS) is 15.7. The number of piperidine rings is 1. The topological polar surface area (TPSA) is 66.5 Å². The Hall–Kier alpha value is -2.66. The van der Waals surface area contributed by atoms with Gasteiger partial charge in [0.15, 0.2) is 0 Å². The summed E-state index contributed by atoms with van der Waals surface area (Å²) in [5.41, 5.74) is 1.54. The predicted molar refractivity (Wildman–Crippen MR) is 118 cm³/mol. The molecule has 1 heterocycles. The van der Waals surface area contributed by atoms with Gasteiger partial charge in [0.2, 0.25) is 11.7 Å². The number of hydrogen-bond donors (Lipinski definition) is 1. The Morgan fingerprint density at radius 2 is 1.57 bits per heavy atom. The van der Waals surface area contributed by atoms with Gasteiger partial charge < -0.3 is 10.2 Å². The van der Waals surface area contributed by atoms with Crippen LogP contribution in [0.5, 0.6) is 0 Å². The van der Waals surface area contributed by atoms with Crippen LogP contribution in [-0.2, 0) is 9.59 Å². The van der Waals surface area contributed by atoms with E-state index in [1.807, 2.05) is 38.1 Å². The van der Waals surface area contributed by atoms with E-state index in [-0.39, 0.29) is 11.8 Å². The van der Waals surface area contributed by atoms with Crippen LogP contribution in [0.15, 0.2) is 54.6 Å². The second-order valence-corrected chi connectivity index (χ2v) is 8.48. The monoisotopic (exact) mass is 426 g/mol. The highest BCUT2D eigenvalue weighted by molar-refractivity contribution is 6.43. The fourth-order valence-corrected chi connectivity index (χ4v) is 3.93. The number of amides is 2.